The lowest BCUT2D eigenvalue weighted by atomic mass is 10.1. The Morgan fingerprint density at radius 1 is 1.07 bits per heavy atom. The molecule has 0 fully saturated rings. The van der Waals surface area contributed by atoms with Gasteiger partial charge in [-0.05, 0) is 51.1 Å². The number of rotatable bonds is 8. The molecule has 7 heteroatoms. The maximum atomic E-state index is 12.3. The van der Waals surface area contributed by atoms with Crippen LogP contribution in [0.15, 0.2) is 53.6 Å². The van der Waals surface area contributed by atoms with Gasteiger partial charge in [-0.2, -0.15) is 5.10 Å². The van der Waals surface area contributed by atoms with Gasteiger partial charge >= 0.3 is 5.97 Å². The van der Waals surface area contributed by atoms with Gasteiger partial charge in [0.2, 0.25) is 0 Å². The Bertz CT molecular complexity index is 1070. The zero-order chi connectivity index (χ0) is 21.5. The molecule has 3 aromatic rings. The molecule has 0 radical (unpaired) electrons. The SMILES string of the molecule is CCOC(=O)Cn1c(C)c(/C=N/NC(=O)c2ccc(OCC)cc2)c2ccccc21. The van der Waals surface area contributed by atoms with Crippen molar-refractivity contribution in [2.75, 3.05) is 13.2 Å². The van der Waals surface area contributed by atoms with Crippen LogP contribution in [-0.2, 0) is 16.1 Å². The molecule has 0 saturated carbocycles. The van der Waals surface area contributed by atoms with Crippen LogP contribution in [0.1, 0.15) is 35.5 Å². The number of nitrogens with zero attached hydrogens (tertiary/aromatic N) is 2. The standard InChI is InChI=1S/C23H25N3O4/c1-4-29-18-12-10-17(11-13-18)23(28)25-24-14-20-16(3)26(15-22(27)30-5-2)21-9-7-6-8-19(20)21/h6-14H,4-5,15H2,1-3H3,(H,25,28)/b24-14+. The van der Waals surface area contributed by atoms with Gasteiger partial charge in [0, 0.05) is 27.7 Å². The number of hydrogen-bond acceptors (Lipinski definition) is 5. The van der Waals surface area contributed by atoms with Gasteiger partial charge in [-0.15, -0.1) is 0 Å². The molecule has 0 aliphatic rings. The first kappa shape index (κ1) is 21.1. The van der Waals surface area contributed by atoms with Gasteiger partial charge in [-0.25, -0.2) is 5.43 Å². The Morgan fingerprint density at radius 3 is 2.50 bits per heavy atom. The first-order chi connectivity index (χ1) is 14.5. The number of nitrogens with one attached hydrogen (secondary N) is 1. The summed E-state index contributed by atoms with van der Waals surface area (Å²) >= 11 is 0. The second-order valence-electron chi connectivity index (χ2n) is 6.56. The normalized spacial score (nSPS) is 11.0. The zero-order valence-corrected chi connectivity index (χ0v) is 17.3. The number of carbonyl (C=O) groups excluding carboxylic acids is 2. The molecular weight excluding hydrogens is 382 g/mol. The number of fused-ring (bicyclic) bond motifs is 1. The van der Waals surface area contributed by atoms with Crippen LogP contribution in [0, 0.1) is 6.92 Å². The van der Waals surface area contributed by atoms with Crippen molar-refractivity contribution in [2.45, 2.75) is 27.3 Å². The summed E-state index contributed by atoms with van der Waals surface area (Å²) in [7, 11) is 0. The largest absolute Gasteiger partial charge is 0.494 e. The van der Waals surface area contributed by atoms with Gasteiger partial charge in [-0.1, -0.05) is 18.2 Å². The molecular formula is C23H25N3O4. The number of aromatic nitrogens is 1. The number of hydrazone groups is 1. The molecule has 0 unspecified atom stereocenters. The third-order valence-electron chi connectivity index (χ3n) is 4.66. The fraction of sp³-hybridized carbons (Fsp3) is 0.261. The third-order valence-corrected chi connectivity index (χ3v) is 4.66. The molecule has 1 N–H and O–H groups in total. The summed E-state index contributed by atoms with van der Waals surface area (Å²) < 4.78 is 12.4. The lowest BCUT2D eigenvalue weighted by Crippen LogP contribution is -2.17. The van der Waals surface area contributed by atoms with Crippen molar-refractivity contribution >= 4 is 29.0 Å². The Kier molecular flexibility index (Phi) is 6.85. The quantitative estimate of drug-likeness (QED) is 0.351. The number of ether oxygens (including phenoxy) is 2. The number of carbonyl (C=O) groups is 2. The van der Waals surface area contributed by atoms with Gasteiger partial charge in [0.1, 0.15) is 12.3 Å². The molecule has 0 spiro atoms. The van der Waals surface area contributed by atoms with E-state index in [0.717, 1.165) is 22.2 Å². The van der Waals surface area contributed by atoms with Crippen molar-refractivity contribution in [3.05, 3.63) is 65.4 Å². The molecule has 30 heavy (non-hydrogen) atoms. The van der Waals surface area contributed by atoms with Crippen molar-refractivity contribution < 1.29 is 19.1 Å². The predicted molar refractivity (Wildman–Crippen MR) is 116 cm³/mol. The van der Waals surface area contributed by atoms with Crippen molar-refractivity contribution in [1.82, 2.24) is 9.99 Å². The lowest BCUT2D eigenvalue weighted by molar-refractivity contribution is -0.143. The molecule has 156 valence electrons. The van der Waals surface area contributed by atoms with Crippen molar-refractivity contribution in [1.29, 1.82) is 0 Å². The predicted octanol–water partition coefficient (Wildman–Crippen LogP) is 3.68. The van der Waals surface area contributed by atoms with E-state index in [2.05, 4.69) is 10.5 Å². The van der Waals surface area contributed by atoms with Gasteiger partial charge in [-0.3, -0.25) is 9.59 Å². The van der Waals surface area contributed by atoms with E-state index < -0.39 is 0 Å². The van der Waals surface area contributed by atoms with Crippen LogP contribution in [0.2, 0.25) is 0 Å². The van der Waals surface area contributed by atoms with Crippen LogP contribution in [-0.4, -0.2) is 35.9 Å². The van der Waals surface area contributed by atoms with E-state index in [9.17, 15) is 9.59 Å². The smallest absolute Gasteiger partial charge is 0.325 e. The average molecular weight is 407 g/mol. The molecule has 0 bridgehead atoms. The summed E-state index contributed by atoms with van der Waals surface area (Å²) in [6, 6.07) is 14.6. The molecule has 0 saturated heterocycles. The molecule has 7 nitrogen and oxygen atoms in total. The highest BCUT2D eigenvalue weighted by Gasteiger charge is 2.15. The zero-order valence-electron chi connectivity index (χ0n) is 17.3. The molecule has 1 amide bonds. The van der Waals surface area contributed by atoms with E-state index >= 15 is 0 Å². The number of amides is 1. The van der Waals surface area contributed by atoms with Gasteiger partial charge in [0.05, 0.1) is 19.4 Å². The topological polar surface area (TPSA) is 81.9 Å². The highest BCUT2D eigenvalue weighted by molar-refractivity contribution is 6.02. The summed E-state index contributed by atoms with van der Waals surface area (Å²) in [6.45, 7) is 6.62. The van der Waals surface area contributed by atoms with Gasteiger partial charge in [0.15, 0.2) is 0 Å². The van der Waals surface area contributed by atoms with Crippen LogP contribution in [0.3, 0.4) is 0 Å². The number of para-hydroxylation sites is 1. The highest BCUT2D eigenvalue weighted by atomic mass is 16.5. The molecule has 1 heterocycles. The molecule has 1 aromatic heterocycles. The van der Waals surface area contributed by atoms with Crippen LogP contribution in [0.4, 0.5) is 0 Å². The van der Waals surface area contributed by atoms with Crippen LogP contribution in [0.25, 0.3) is 10.9 Å². The Hall–Kier alpha value is -3.61. The summed E-state index contributed by atoms with van der Waals surface area (Å²) in [5.74, 6) is 0.0958. The second-order valence-corrected chi connectivity index (χ2v) is 6.56. The van der Waals surface area contributed by atoms with Crippen molar-refractivity contribution in [3.8, 4) is 5.75 Å². The molecule has 0 aliphatic carbocycles. The number of esters is 1. The minimum atomic E-state index is -0.317. The van der Waals surface area contributed by atoms with Crippen LogP contribution < -0.4 is 10.2 Å². The molecule has 2 aromatic carbocycles. The fourth-order valence-corrected chi connectivity index (χ4v) is 3.25. The number of hydrogen-bond donors (Lipinski definition) is 1. The van der Waals surface area contributed by atoms with Crippen molar-refractivity contribution in [2.24, 2.45) is 5.10 Å². The summed E-state index contributed by atoms with van der Waals surface area (Å²) in [5.41, 5.74) is 5.64. The van der Waals surface area contributed by atoms with Gasteiger partial charge < -0.3 is 14.0 Å². The average Bonchev–Trinajstić information content (AvgIpc) is 3.00. The van der Waals surface area contributed by atoms with E-state index in [4.69, 9.17) is 9.47 Å². The Labute approximate surface area is 175 Å². The Morgan fingerprint density at radius 2 is 1.80 bits per heavy atom. The fourth-order valence-electron chi connectivity index (χ4n) is 3.25. The second kappa shape index (κ2) is 9.73. The van der Waals surface area contributed by atoms with E-state index in [-0.39, 0.29) is 18.4 Å². The molecule has 0 aliphatic heterocycles. The number of benzene rings is 2. The summed E-state index contributed by atoms with van der Waals surface area (Å²) in [4.78, 5) is 24.3. The minimum Gasteiger partial charge on any atom is -0.494 e. The highest BCUT2D eigenvalue weighted by Crippen LogP contribution is 2.24. The van der Waals surface area contributed by atoms with Crippen molar-refractivity contribution in [3.63, 3.8) is 0 Å². The Balaban J connectivity index is 1.79. The third kappa shape index (κ3) is 4.68. The van der Waals surface area contributed by atoms with E-state index in [1.807, 2.05) is 42.7 Å². The van der Waals surface area contributed by atoms with Crippen LogP contribution >= 0.6 is 0 Å². The maximum absolute atomic E-state index is 12.3. The monoisotopic (exact) mass is 407 g/mol. The lowest BCUT2D eigenvalue weighted by Gasteiger charge is -2.07. The van der Waals surface area contributed by atoms with E-state index in [1.165, 1.54) is 0 Å². The van der Waals surface area contributed by atoms with Gasteiger partial charge in [0.25, 0.3) is 5.91 Å². The van der Waals surface area contributed by atoms with E-state index in [1.54, 1.807) is 37.4 Å². The summed E-state index contributed by atoms with van der Waals surface area (Å²) in [5, 5.41) is 5.07. The first-order valence-electron chi connectivity index (χ1n) is 9.84. The molecule has 3 rings (SSSR count). The summed E-state index contributed by atoms with van der Waals surface area (Å²) in [6.07, 6.45) is 1.60. The first-order valence-corrected chi connectivity index (χ1v) is 9.84. The van der Waals surface area contributed by atoms with E-state index in [0.29, 0.717) is 24.5 Å². The maximum Gasteiger partial charge on any atom is 0.325 e. The molecule has 0 atom stereocenters. The van der Waals surface area contributed by atoms with Crippen LogP contribution in [0.5, 0.6) is 5.75 Å². The minimum absolute atomic E-state index is 0.118.